The minimum Gasteiger partial charge on any atom is -0.328 e. The molecule has 0 aliphatic rings. The Morgan fingerprint density at radius 3 is 2.37 bits per heavy atom. The second-order valence-corrected chi connectivity index (χ2v) is 5.65. The van der Waals surface area contributed by atoms with E-state index in [0.717, 1.165) is 17.9 Å². The predicted molar refractivity (Wildman–Crippen MR) is 82.7 cm³/mol. The first kappa shape index (κ1) is 14.1. The van der Waals surface area contributed by atoms with Gasteiger partial charge in [0.15, 0.2) is 0 Å². The summed E-state index contributed by atoms with van der Waals surface area (Å²) in [6.45, 7) is 9.83. The van der Waals surface area contributed by atoms with Crippen LogP contribution in [0.1, 0.15) is 56.0 Å². The van der Waals surface area contributed by atoms with Crippen molar-refractivity contribution >= 4 is 11.0 Å². The maximum atomic E-state index is 4.69. The van der Waals surface area contributed by atoms with Crippen LogP contribution in [-0.2, 0) is 6.54 Å². The molecule has 2 rings (SSSR count). The largest absolute Gasteiger partial charge is 0.328 e. The molecule has 1 aromatic heterocycles. The fourth-order valence-corrected chi connectivity index (χ4v) is 2.66. The van der Waals surface area contributed by atoms with Gasteiger partial charge in [0.05, 0.1) is 11.0 Å². The Balaban J connectivity index is 2.13. The van der Waals surface area contributed by atoms with Gasteiger partial charge in [-0.15, -0.1) is 0 Å². The lowest BCUT2D eigenvalue weighted by Crippen LogP contribution is -2.00. The Bertz CT molecular complexity index is 552. The summed E-state index contributed by atoms with van der Waals surface area (Å²) in [6.07, 6.45) is 6.63. The number of aromatic nitrogens is 2. The van der Waals surface area contributed by atoms with Crippen LogP contribution in [0.4, 0.5) is 0 Å². The SMILES string of the molecule is CCCCCCCn1c(C)nc2cc(C)c(C)cc21. The Morgan fingerprint density at radius 2 is 1.63 bits per heavy atom. The molecule has 0 unspecified atom stereocenters. The molecule has 0 amide bonds. The summed E-state index contributed by atoms with van der Waals surface area (Å²) in [5, 5.41) is 0. The van der Waals surface area contributed by atoms with Crippen LogP contribution in [-0.4, -0.2) is 9.55 Å². The third kappa shape index (κ3) is 3.17. The van der Waals surface area contributed by atoms with Gasteiger partial charge in [-0.1, -0.05) is 32.6 Å². The molecule has 0 aliphatic heterocycles. The molecule has 2 nitrogen and oxygen atoms in total. The molecule has 0 saturated heterocycles. The standard InChI is InChI=1S/C17H26N2/c1-5-6-7-8-9-10-19-15(4)18-16-11-13(2)14(3)12-17(16)19/h11-12H,5-10H2,1-4H3. The Morgan fingerprint density at radius 1 is 0.947 bits per heavy atom. The number of nitrogens with zero attached hydrogens (tertiary/aromatic N) is 2. The average Bonchev–Trinajstić information content (AvgIpc) is 2.66. The summed E-state index contributed by atoms with van der Waals surface area (Å²) in [5.74, 6) is 1.15. The van der Waals surface area contributed by atoms with E-state index in [1.54, 1.807) is 0 Å². The van der Waals surface area contributed by atoms with Crippen molar-refractivity contribution in [2.24, 2.45) is 0 Å². The van der Waals surface area contributed by atoms with Crippen LogP contribution in [0.5, 0.6) is 0 Å². The number of benzene rings is 1. The lowest BCUT2D eigenvalue weighted by atomic mass is 10.1. The Hall–Kier alpha value is -1.31. The van der Waals surface area contributed by atoms with Crippen LogP contribution >= 0.6 is 0 Å². The second kappa shape index (κ2) is 6.23. The minimum absolute atomic E-state index is 1.11. The first-order chi connectivity index (χ1) is 9.13. The highest BCUT2D eigenvalue weighted by Gasteiger charge is 2.08. The quantitative estimate of drug-likeness (QED) is 0.672. The van der Waals surface area contributed by atoms with Crippen LogP contribution in [0.15, 0.2) is 12.1 Å². The first-order valence-corrected chi connectivity index (χ1v) is 7.57. The molecule has 2 aromatic rings. The molecule has 0 atom stereocenters. The molecule has 0 spiro atoms. The van der Waals surface area contributed by atoms with Crippen molar-refractivity contribution in [1.29, 1.82) is 0 Å². The van der Waals surface area contributed by atoms with E-state index in [0.29, 0.717) is 0 Å². The third-order valence-corrected chi connectivity index (χ3v) is 4.04. The molecule has 104 valence electrons. The molecule has 0 bridgehead atoms. The van der Waals surface area contributed by atoms with E-state index in [1.165, 1.54) is 48.7 Å². The van der Waals surface area contributed by atoms with Crippen molar-refractivity contribution in [2.45, 2.75) is 66.3 Å². The molecule has 0 saturated carbocycles. The molecule has 0 N–H and O–H groups in total. The van der Waals surface area contributed by atoms with Gasteiger partial charge in [-0.2, -0.15) is 0 Å². The smallest absolute Gasteiger partial charge is 0.106 e. The zero-order chi connectivity index (χ0) is 13.8. The van der Waals surface area contributed by atoms with Crippen molar-refractivity contribution < 1.29 is 0 Å². The number of aryl methyl sites for hydroxylation is 4. The highest BCUT2D eigenvalue weighted by atomic mass is 15.1. The van der Waals surface area contributed by atoms with Gasteiger partial charge < -0.3 is 4.57 Å². The van der Waals surface area contributed by atoms with Gasteiger partial charge >= 0.3 is 0 Å². The number of hydrogen-bond acceptors (Lipinski definition) is 1. The molecule has 0 aliphatic carbocycles. The lowest BCUT2D eigenvalue weighted by molar-refractivity contribution is 0.568. The summed E-state index contributed by atoms with van der Waals surface area (Å²) in [6, 6.07) is 4.50. The van der Waals surface area contributed by atoms with E-state index in [4.69, 9.17) is 4.98 Å². The van der Waals surface area contributed by atoms with Crippen LogP contribution < -0.4 is 0 Å². The zero-order valence-electron chi connectivity index (χ0n) is 12.8. The molecule has 1 aromatic carbocycles. The van der Waals surface area contributed by atoms with Crippen molar-refractivity contribution in [3.8, 4) is 0 Å². The monoisotopic (exact) mass is 258 g/mol. The summed E-state index contributed by atoms with van der Waals surface area (Å²) in [5.41, 5.74) is 5.14. The van der Waals surface area contributed by atoms with Crippen LogP contribution in [0, 0.1) is 20.8 Å². The molecule has 1 heterocycles. The van der Waals surface area contributed by atoms with Gasteiger partial charge in [-0.3, -0.25) is 0 Å². The predicted octanol–water partition coefficient (Wildman–Crippen LogP) is 4.93. The maximum absolute atomic E-state index is 4.69. The van der Waals surface area contributed by atoms with Crippen molar-refractivity contribution in [3.05, 3.63) is 29.1 Å². The molecular weight excluding hydrogens is 232 g/mol. The van der Waals surface area contributed by atoms with E-state index >= 15 is 0 Å². The van der Waals surface area contributed by atoms with E-state index in [9.17, 15) is 0 Å². The Kier molecular flexibility index (Phi) is 4.62. The van der Waals surface area contributed by atoms with Gasteiger partial charge in [-0.25, -0.2) is 4.98 Å². The molecule has 19 heavy (non-hydrogen) atoms. The Labute approximate surface area is 116 Å². The summed E-state index contributed by atoms with van der Waals surface area (Å²) in [7, 11) is 0. The van der Waals surface area contributed by atoms with Gasteiger partial charge in [0, 0.05) is 6.54 Å². The zero-order valence-corrected chi connectivity index (χ0v) is 12.8. The highest BCUT2D eigenvalue weighted by Crippen LogP contribution is 2.21. The lowest BCUT2D eigenvalue weighted by Gasteiger charge is -2.08. The van der Waals surface area contributed by atoms with Crippen LogP contribution in [0.2, 0.25) is 0 Å². The van der Waals surface area contributed by atoms with Crippen molar-refractivity contribution in [2.75, 3.05) is 0 Å². The molecule has 2 heteroatoms. The van der Waals surface area contributed by atoms with E-state index in [1.807, 2.05) is 0 Å². The van der Waals surface area contributed by atoms with E-state index in [-0.39, 0.29) is 0 Å². The number of imidazole rings is 1. The topological polar surface area (TPSA) is 17.8 Å². The van der Waals surface area contributed by atoms with Gasteiger partial charge in [0.1, 0.15) is 5.82 Å². The summed E-state index contributed by atoms with van der Waals surface area (Å²) >= 11 is 0. The second-order valence-electron chi connectivity index (χ2n) is 5.65. The third-order valence-electron chi connectivity index (χ3n) is 4.04. The van der Waals surface area contributed by atoms with Gasteiger partial charge in [-0.05, 0) is 50.5 Å². The van der Waals surface area contributed by atoms with Gasteiger partial charge in [0.25, 0.3) is 0 Å². The molecular formula is C17H26N2. The van der Waals surface area contributed by atoms with Crippen LogP contribution in [0.3, 0.4) is 0 Å². The average molecular weight is 258 g/mol. The fraction of sp³-hybridized carbons (Fsp3) is 0.588. The summed E-state index contributed by atoms with van der Waals surface area (Å²) < 4.78 is 2.38. The first-order valence-electron chi connectivity index (χ1n) is 7.57. The number of rotatable bonds is 6. The highest BCUT2D eigenvalue weighted by molar-refractivity contribution is 5.78. The normalized spacial score (nSPS) is 11.4. The maximum Gasteiger partial charge on any atom is 0.106 e. The van der Waals surface area contributed by atoms with Crippen molar-refractivity contribution in [3.63, 3.8) is 0 Å². The fourth-order valence-electron chi connectivity index (χ4n) is 2.66. The number of hydrogen-bond donors (Lipinski definition) is 0. The van der Waals surface area contributed by atoms with E-state index in [2.05, 4.69) is 44.4 Å². The van der Waals surface area contributed by atoms with Gasteiger partial charge in [0.2, 0.25) is 0 Å². The van der Waals surface area contributed by atoms with Crippen LogP contribution in [0.25, 0.3) is 11.0 Å². The summed E-state index contributed by atoms with van der Waals surface area (Å²) in [4.78, 5) is 4.69. The minimum atomic E-state index is 1.11. The van der Waals surface area contributed by atoms with Crippen molar-refractivity contribution in [1.82, 2.24) is 9.55 Å². The number of fused-ring (bicyclic) bond motifs is 1. The molecule has 0 fully saturated rings. The number of unbranched alkanes of at least 4 members (excludes halogenated alkanes) is 4. The van der Waals surface area contributed by atoms with E-state index < -0.39 is 0 Å². The molecule has 0 radical (unpaired) electrons.